The van der Waals surface area contributed by atoms with Gasteiger partial charge >= 0.3 is 6.03 Å². The van der Waals surface area contributed by atoms with Gasteiger partial charge in [-0.25, -0.2) is 4.79 Å². The van der Waals surface area contributed by atoms with Crippen LogP contribution in [-0.4, -0.2) is 83.9 Å². The van der Waals surface area contributed by atoms with E-state index >= 15 is 0 Å². The van der Waals surface area contributed by atoms with E-state index in [2.05, 4.69) is 63.8 Å². The van der Waals surface area contributed by atoms with Crippen LogP contribution in [0.3, 0.4) is 0 Å². The Morgan fingerprint density at radius 1 is 1.09 bits per heavy atom. The molecule has 0 radical (unpaired) electrons. The molecule has 3 amide bonds. The number of carbonyl (C=O) groups is 2. The fraction of sp³-hybridized carbons (Fsp3) is 0.543. The first-order chi connectivity index (χ1) is 20.8. The number of carbonyl (C=O) groups excluding carboxylic acids is 2. The summed E-state index contributed by atoms with van der Waals surface area (Å²) in [6, 6.07) is 16.9. The van der Waals surface area contributed by atoms with Gasteiger partial charge in [0.1, 0.15) is 6.23 Å². The third-order valence-electron chi connectivity index (χ3n) is 9.14. The van der Waals surface area contributed by atoms with Crippen LogP contribution in [0.1, 0.15) is 76.5 Å². The number of hydrogen-bond acceptors (Lipinski definition) is 5. The van der Waals surface area contributed by atoms with E-state index in [9.17, 15) is 14.7 Å². The van der Waals surface area contributed by atoms with Gasteiger partial charge in [0.2, 0.25) is 6.41 Å². The number of H-pyrrole nitrogens is 1. The first kappa shape index (κ1) is 35.1. The van der Waals surface area contributed by atoms with Crippen LogP contribution in [-0.2, 0) is 16.6 Å². The maximum absolute atomic E-state index is 12.1. The van der Waals surface area contributed by atoms with Crippen LogP contribution < -0.4 is 16.4 Å². The Labute approximate surface area is 263 Å². The number of fused-ring (bicyclic) bond motifs is 3. The van der Waals surface area contributed by atoms with Crippen molar-refractivity contribution in [3.8, 4) is 0 Å². The second-order valence-corrected chi connectivity index (χ2v) is 13.2. The zero-order chi connectivity index (χ0) is 32.5. The van der Waals surface area contributed by atoms with E-state index in [1.807, 2.05) is 46.0 Å². The number of aliphatic hydroxyl groups is 1. The molecule has 1 saturated heterocycles. The van der Waals surface area contributed by atoms with Gasteiger partial charge in [-0.05, 0) is 81.5 Å². The van der Waals surface area contributed by atoms with Crippen molar-refractivity contribution in [2.45, 2.75) is 89.4 Å². The molecule has 5 rings (SSSR count). The predicted molar refractivity (Wildman–Crippen MR) is 180 cm³/mol. The van der Waals surface area contributed by atoms with Crippen LogP contribution in [0.15, 0.2) is 54.7 Å². The highest BCUT2D eigenvalue weighted by molar-refractivity contribution is 5.84. The molecule has 6 N–H and O–H groups in total. The van der Waals surface area contributed by atoms with Gasteiger partial charge in [-0.15, -0.1) is 0 Å². The third kappa shape index (κ3) is 9.06. The number of nitrogens with zero attached hydrogens (tertiary/aromatic N) is 2. The summed E-state index contributed by atoms with van der Waals surface area (Å²) in [5.74, 6) is 0.197. The summed E-state index contributed by atoms with van der Waals surface area (Å²) in [4.78, 5) is 28.4. The number of aryl methyl sites for hydroxylation is 1. The first-order valence-electron chi connectivity index (χ1n) is 15.8. The van der Waals surface area contributed by atoms with Crippen LogP contribution in [0.25, 0.3) is 10.9 Å². The highest BCUT2D eigenvalue weighted by Gasteiger charge is 2.41. The molecule has 1 aliphatic heterocycles. The molecule has 2 heterocycles. The Bertz CT molecular complexity index is 1340. The molecule has 1 spiro atoms. The number of benzene rings is 2. The van der Waals surface area contributed by atoms with Gasteiger partial charge in [-0.2, -0.15) is 0 Å². The number of aliphatic hydroxyl groups excluding tert-OH is 1. The number of nitrogens with one attached hydrogen (secondary N) is 3. The van der Waals surface area contributed by atoms with Crippen molar-refractivity contribution in [1.82, 2.24) is 25.4 Å². The average Bonchev–Trinajstić information content (AvgIpc) is 3.59. The number of likely N-dealkylation sites (tertiary alicyclic amines) is 1. The molecule has 242 valence electrons. The summed E-state index contributed by atoms with van der Waals surface area (Å²) in [7, 11) is 3.38. The number of aromatic nitrogens is 1. The topological polar surface area (TPSA) is 127 Å². The van der Waals surface area contributed by atoms with E-state index in [0.717, 1.165) is 25.0 Å². The van der Waals surface area contributed by atoms with E-state index in [0.29, 0.717) is 12.0 Å². The molecule has 44 heavy (non-hydrogen) atoms. The quantitative estimate of drug-likeness (QED) is 0.249. The number of amides is 3. The first-order valence-corrected chi connectivity index (χ1v) is 15.8. The van der Waals surface area contributed by atoms with Gasteiger partial charge in [0, 0.05) is 68.3 Å². The standard InChI is InChI=1S/C17H26N4O.C15H21NO.C3H7NO/c1-11(12(2)20-16(22)21-17(3,4)10-18)14-9-19-15-8-6-5-7-13(14)15;1-12(17)16-10-8-15(9-11-16)7-6-13-4-2-3-5-14(13)15;1-4(2)3-5/h5-9,11-12,19H,10,18H2,1-4H3,(H2,20,21,22);2-5,12,17H,6-11H2,1H3;3H,1-2H3/t11-,12-;;/m0../s1. The van der Waals surface area contributed by atoms with Crippen LogP contribution >= 0.6 is 0 Å². The zero-order valence-corrected chi connectivity index (χ0v) is 27.7. The highest BCUT2D eigenvalue weighted by Crippen LogP contribution is 2.46. The molecule has 0 saturated carbocycles. The van der Waals surface area contributed by atoms with E-state index in [1.165, 1.54) is 41.5 Å². The van der Waals surface area contributed by atoms with Gasteiger partial charge in [0.15, 0.2) is 0 Å². The lowest BCUT2D eigenvalue weighted by Crippen LogP contribution is -2.54. The van der Waals surface area contributed by atoms with Crippen molar-refractivity contribution in [3.05, 3.63) is 71.4 Å². The van der Waals surface area contributed by atoms with E-state index in [1.54, 1.807) is 25.2 Å². The molecule has 2 aromatic carbocycles. The fourth-order valence-electron chi connectivity index (χ4n) is 6.08. The zero-order valence-electron chi connectivity index (χ0n) is 27.7. The van der Waals surface area contributed by atoms with Crippen LogP contribution in [0.5, 0.6) is 0 Å². The van der Waals surface area contributed by atoms with Crippen molar-refractivity contribution in [3.63, 3.8) is 0 Å². The Morgan fingerprint density at radius 3 is 2.32 bits per heavy atom. The number of rotatable bonds is 7. The Balaban J connectivity index is 0.000000213. The number of nitrogens with two attached hydrogens (primary N) is 1. The monoisotopic (exact) mass is 606 g/mol. The Kier molecular flexibility index (Phi) is 12.4. The molecule has 9 heteroatoms. The molecule has 1 fully saturated rings. The van der Waals surface area contributed by atoms with Gasteiger partial charge in [-0.3, -0.25) is 9.69 Å². The fourth-order valence-corrected chi connectivity index (χ4v) is 6.08. The molecule has 1 unspecified atom stereocenters. The van der Waals surface area contributed by atoms with Gasteiger partial charge in [-0.1, -0.05) is 49.4 Å². The predicted octanol–water partition coefficient (Wildman–Crippen LogP) is 4.71. The van der Waals surface area contributed by atoms with E-state index < -0.39 is 5.54 Å². The summed E-state index contributed by atoms with van der Waals surface area (Å²) >= 11 is 0. The van der Waals surface area contributed by atoms with Crippen molar-refractivity contribution in [1.29, 1.82) is 0 Å². The molecule has 3 atom stereocenters. The molecule has 3 aromatic rings. The molecule has 0 bridgehead atoms. The minimum Gasteiger partial charge on any atom is -0.379 e. The summed E-state index contributed by atoms with van der Waals surface area (Å²) in [6.07, 6.45) is 7.44. The van der Waals surface area contributed by atoms with Gasteiger partial charge < -0.3 is 31.4 Å². The molecular formula is C35H54N6O3. The molecule has 2 aliphatic rings. The number of para-hydroxylation sites is 1. The van der Waals surface area contributed by atoms with E-state index in [-0.39, 0.29) is 24.2 Å². The van der Waals surface area contributed by atoms with Crippen molar-refractivity contribution >= 4 is 23.3 Å². The SMILES string of the molecule is CC(O)N1CCC2(CCc3ccccc32)CC1.CN(C)C=O.C[C@H](NC(=O)NC(C)(C)CN)[C@H](C)c1c[nH]c2ccccc12. The normalized spacial score (nSPS) is 17.7. The Morgan fingerprint density at radius 2 is 1.70 bits per heavy atom. The highest BCUT2D eigenvalue weighted by atomic mass is 16.3. The smallest absolute Gasteiger partial charge is 0.315 e. The average molecular weight is 607 g/mol. The van der Waals surface area contributed by atoms with Crippen LogP contribution in [0.2, 0.25) is 0 Å². The molecule has 1 aliphatic carbocycles. The number of piperidine rings is 1. The van der Waals surface area contributed by atoms with E-state index in [4.69, 9.17) is 5.73 Å². The molecular weight excluding hydrogens is 552 g/mol. The molecule has 9 nitrogen and oxygen atoms in total. The van der Waals surface area contributed by atoms with Crippen molar-refractivity contribution in [2.24, 2.45) is 5.73 Å². The lowest BCUT2D eigenvalue weighted by molar-refractivity contribution is -0.115. The third-order valence-corrected chi connectivity index (χ3v) is 9.14. The van der Waals surface area contributed by atoms with Crippen LogP contribution in [0, 0.1) is 0 Å². The second-order valence-electron chi connectivity index (χ2n) is 13.2. The van der Waals surface area contributed by atoms with Gasteiger partial charge in [0.05, 0.1) is 0 Å². The minimum atomic E-state index is -0.409. The van der Waals surface area contributed by atoms with Crippen molar-refractivity contribution in [2.75, 3.05) is 33.7 Å². The molecule has 1 aromatic heterocycles. The summed E-state index contributed by atoms with van der Waals surface area (Å²) in [6.45, 7) is 12.3. The number of urea groups is 1. The lowest BCUT2D eigenvalue weighted by atomic mass is 9.74. The number of hydrogen-bond donors (Lipinski definition) is 5. The summed E-state index contributed by atoms with van der Waals surface area (Å²) < 4.78 is 0. The lowest BCUT2D eigenvalue weighted by Gasteiger charge is -2.41. The largest absolute Gasteiger partial charge is 0.379 e. The van der Waals surface area contributed by atoms with Crippen molar-refractivity contribution < 1.29 is 14.7 Å². The minimum absolute atomic E-state index is 0.00720. The second kappa shape index (κ2) is 15.5. The number of aromatic amines is 1. The van der Waals surface area contributed by atoms with Crippen LogP contribution in [0.4, 0.5) is 4.79 Å². The maximum Gasteiger partial charge on any atom is 0.315 e. The maximum atomic E-state index is 12.1. The Hall–Kier alpha value is -3.40. The summed E-state index contributed by atoms with van der Waals surface area (Å²) in [5, 5.41) is 16.7. The summed E-state index contributed by atoms with van der Waals surface area (Å²) in [5.41, 5.74) is 11.1. The van der Waals surface area contributed by atoms with Gasteiger partial charge in [0.25, 0.3) is 0 Å².